The zero-order valence-corrected chi connectivity index (χ0v) is 11.7. The molecule has 1 aromatic carbocycles. The van der Waals surface area contributed by atoms with E-state index in [0.29, 0.717) is 24.0 Å². The van der Waals surface area contributed by atoms with E-state index >= 15 is 0 Å². The number of rotatable bonds is 7. The van der Waals surface area contributed by atoms with Crippen LogP contribution in [-0.4, -0.2) is 19.8 Å². The summed E-state index contributed by atoms with van der Waals surface area (Å²) in [6.45, 7) is 3.99. The molecule has 0 atom stereocenters. The molecule has 0 spiro atoms. The van der Waals surface area contributed by atoms with Gasteiger partial charge >= 0.3 is 0 Å². The summed E-state index contributed by atoms with van der Waals surface area (Å²) in [6, 6.07) is 5.78. The number of ether oxygens (including phenoxy) is 2. The summed E-state index contributed by atoms with van der Waals surface area (Å²) < 4.78 is 10.8. The van der Waals surface area contributed by atoms with Gasteiger partial charge in [-0.3, -0.25) is 0 Å². The van der Waals surface area contributed by atoms with Crippen LogP contribution in [0.4, 0.5) is 0 Å². The number of hydrogen-bond acceptors (Lipinski definition) is 2. The van der Waals surface area contributed by atoms with Gasteiger partial charge in [-0.1, -0.05) is 40.5 Å². The van der Waals surface area contributed by atoms with E-state index in [4.69, 9.17) is 21.1 Å². The summed E-state index contributed by atoms with van der Waals surface area (Å²) in [5, 5.41) is 1.44. The van der Waals surface area contributed by atoms with Gasteiger partial charge in [0.1, 0.15) is 12.4 Å². The number of halogens is 2. The summed E-state index contributed by atoms with van der Waals surface area (Å²) in [5.74, 6) is 0.714. The molecular formula is C12H16BrClO2. The molecule has 90 valence electrons. The second kappa shape index (κ2) is 7.93. The van der Waals surface area contributed by atoms with Gasteiger partial charge in [0.15, 0.2) is 0 Å². The Kier molecular flexibility index (Phi) is 6.85. The zero-order valence-electron chi connectivity index (χ0n) is 9.34. The Labute approximate surface area is 110 Å². The first-order valence-electron chi connectivity index (χ1n) is 5.33. The van der Waals surface area contributed by atoms with E-state index in [2.05, 4.69) is 22.9 Å². The first kappa shape index (κ1) is 13.8. The van der Waals surface area contributed by atoms with Gasteiger partial charge in [-0.25, -0.2) is 0 Å². The maximum Gasteiger partial charge on any atom is 0.138 e. The van der Waals surface area contributed by atoms with Gasteiger partial charge < -0.3 is 9.47 Å². The van der Waals surface area contributed by atoms with E-state index in [9.17, 15) is 0 Å². The summed E-state index contributed by atoms with van der Waals surface area (Å²) in [6.07, 6.45) is 1.03. The van der Waals surface area contributed by atoms with E-state index in [0.717, 1.165) is 23.9 Å². The smallest absolute Gasteiger partial charge is 0.138 e. The summed E-state index contributed by atoms with van der Waals surface area (Å²) >= 11 is 9.44. The van der Waals surface area contributed by atoms with Gasteiger partial charge in [0.2, 0.25) is 0 Å². The molecule has 1 aromatic rings. The van der Waals surface area contributed by atoms with Gasteiger partial charge in [-0.15, -0.1) is 0 Å². The monoisotopic (exact) mass is 306 g/mol. The van der Waals surface area contributed by atoms with Crippen molar-refractivity contribution in [3.8, 4) is 5.75 Å². The molecule has 0 heterocycles. The van der Waals surface area contributed by atoms with Gasteiger partial charge in [-0.05, 0) is 24.1 Å². The summed E-state index contributed by atoms with van der Waals surface area (Å²) in [5.41, 5.74) is 1.14. The standard InChI is InChI=1S/C12H16BrClO2/c1-2-5-15-6-7-16-12-4-3-10(9-13)8-11(12)14/h3-4,8H,2,5-7,9H2,1H3. The van der Waals surface area contributed by atoms with E-state index in [1.54, 1.807) is 0 Å². The van der Waals surface area contributed by atoms with Gasteiger partial charge in [0, 0.05) is 11.9 Å². The fourth-order valence-electron chi connectivity index (χ4n) is 1.20. The highest BCUT2D eigenvalue weighted by atomic mass is 79.9. The lowest BCUT2D eigenvalue weighted by Gasteiger charge is -2.09. The minimum Gasteiger partial charge on any atom is -0.490 e. The van der Waals surface area contributed by atoms with Crippen molar-refractivity contribution < 1.29 is 9.47 Å². The normalized spacial score (nSPS) is 10.4. The molecule has 1 rings (SSSR count). The Balaban J connectivity index is 2.36. The molecule has 0 saturated carbocycles. The minimum atomic E-state index is 0.535. The highest BCUT2D eigenvalue weighted by Crippen LogP contribution is 2.26. The Morgan fingerprint density at radius 2 is 2.06 bits per heavy atom. The summed E-state index contributed by atoms with van der Waals surface area (Å²) in [4.78, 5) is 0. The Hall–Kier alpha value is -0.250. The van der Waals surface area contributed by atoms with Crippen molar-refractivity contribution >= 4 is 27.5 Å². The van der Waals surface area contributed by atoms with Crippen molar-refractivity contribution in [2.24, 2.45) is 0 Å². The Morgan fingerprint density at radius 1 is 1.25 bits per heavy atom. The molecule has 0 N–H and O–H groups in total. The third-order valence-corrected chi connectivity index (χ3v) is 2.93. The van der Waals surface area contributed by atoms with Crippen molar-refractivity contribution in [3.63, 3.8) is 0 Å². The molecule has 0 aliphatic carbocycles. The van der Waals surface area contributed by atoms with Crippen LogP contribution in [0.25, 0.3) is 0 Å². The lowest BCUT2D eigenvalue weighted by atomic mass is 10.2. The highest BCUT2D eigenvalue weighted by Gasteiger charge is 2.02. The van der Waals surface area contributed by atoms with Crippen molar-refractivity contribution in [3.05, 3.63) is 28.8 Å². The molecule has 16 heavy (non-hydrogen) atoms. The second-order valence-corrected chi connectivity index (χ2v) is 4.33. The molecule has 0 amide bonds. The number of hydrogen-bond donors (Lipinski definition) is 0. The quantitative estimate of drug-likeness (QED) is 0.559. The van der Waals surface area contributed by atoms with Crippen molar-refractivity contribution in [1.29, 1.82) is 0 Å². The molecular weight excluding hydrogens is 291 g/mol. The molecule has 0 bridgehead atoms. The Morgan fingerprint density at radius 3 is 2.69 bits per heavy atom. The SMILES string of the molecule is CCCOCCOc1ccc(CBr)cc1Cl. The molecule has 4 heteroatoms. The highest BCUT2D eigenvalue weighted by molar-refractivity contribution is 9.08. The predicted octanol–water partition coefficient (Wildman–Crippen LogP) is 4.04. The van der Waals surface area contributed by atoms with Crippen LogP contribution in [0.2, 0.25) is 5.02 Å². The molecule has 0 saturated heterocycles. The maximum absolute atomic E-state index is 6.06. The molecule has 0 aliphatic heterocycles. The van der Waals surface area contributed by atoms with Crippen LogP contribution in [0.1, 0.15) is 18.9 Å². The second-order valence-electron chi connectivity index (χ2n) is 3.36. The van der Waals surface area contributed by atoms with Crippen LogP contribution >= 0.6 is 27.5 Å². The third kappa shape index (κ3) is 4.73. The number of alkyl halides is 1. The first-order chi connectivity index (χ1) is 7.77. The third-order valence-electron chi connectivity index (χ3n) is 1.98. The molecule has 0 radical (unpaired) electrons. The largest absolute Gasteiger partial charge is 0.490 e. The topological polar surface area (TPSA) is 18.5 Å². The van der Waals surface area contributed by atoms with Crippen LogP contribution in [0, 0.1) is 0 Å². The van der Waals surface area contributed by atoms with Crippen LogP contribution in [0.5, 0.6) is 5.75 Å². The van der Waals surface area contributed by atoms with Gasteiger partial charge in [-0.2, -0.15) is 0 Å². The van der Waals surface area contributed by atoms with E-state index < -0.39 is 0 Å². The summed E-state index contributed by atoms with van der Waals surface area (Å²) in [7, 11) is 0. The lowest BCUT2D eigenvalue weighted by molar-refractivity contribution is 0.101. The van der Waals surface area contributed by atoms with E-state index in [-0.39, 0.29) is 0 Å². The maximum atomic E-state index is 6.06. The van der Waals surface area contributed by atoms with Crippen LogP contribution in [-0.2, 0) is 10.1 Å². The van der Waals surface area contributed by atoms with E-state index in [1.807, 2.05) is 18.2 Å². The van der Waals surface area contributed by atoms with Crippen molar-refractivity contribution in [1.82, 2.24) is 0 Å². The number of benzene rings is 1. The first-order valence-corrected chi connectivity index (χ1v) is 6.82. The molecule has 0 fully saturated rings. The van der Waals surface area contributed by atoms with Crippen LogP contribution < -0.4 is 4.74 Å². The molecule has 0 aliphatic rings. The molecule has 0 unspecified atom stereocenters. The fourth-order valence-corrected chi connectivity index (χ4v) is 1.81. The van der Waals surface area contributed by atoms with Gasteiger partial charge in [0.05, 0.1) is 11.6 Å². The average molecular weight is 308 g/mol. The molecule has 0 aromatic heterocycles. The molecule has 2 nitrogen and oxygen atoms in total. The average Bonchev–Trinajstić information content (AvgIpc) is 2.30. The minimum absolute atomic E-state index is 0.535. The van der Waals surface area contributed by atoms with Crippen molar-refractivity contribution in [2.75, 3.05) is 19.8 Å². The van der Waals surface area contributed by atoms with Crippen LogP contribution in [0.3, 0.4) is 0 Å². The zero-order chi connectivity index (χ0) is 11.8. The van der Waals surface area contributed by atoms with Crippen molar-refractivity contribution in [2.45, 2.75) is 18.7 Å². The van der Waals surface area contributed by atoms with E-state index in [1.165, 1.54) is 0 Å². The Bertz CT molecular complexity index is 318. The van der Waals surface area contributed by atoms with Gasteiger partial charge in [0.25, 0.3) is 0 Å². The predicted molar refractivity (Wildman–Crippen MR) is 70.7 cm³/mol. The lowest BCUT2D eigenvalue weighted by Crippen LogP contribution is -2.07. The van der Waals surface area contributed by atoms with Crippen LogP contribution in [0.15, 0.2) is 18.2 Å². The fraction of sp³-hybridized carbons (Fsp3) is 0.500.